The van der Waals surface area contributed by atoms with E-state index in [1.165, 1.54) is 18.8 Å². The molecule has 8 nitrogen and oxygen atoms in total. The van der Waals surface area contributed by atoms with Crippen molar-refractivity contribution >= 4 is 11.6 Å². The predicted octanol–water partition coefficient (Wildman–Crippen LogP) is 3.28. The molecule has 1 aromatic heterocycles. The Labute approximate surface area is 174 Å². The summed E-state index contributed by atoms with van der Waals surface area (Å²) in [7, 11) is 3.05. The highest BCUT2D eigenvalue weighted by atomic mass is 16.5. The monoisotopic (exact) mass is 411 g/mol. The van der Waals surface area contributed by atoms with Gasteiger partial charge in [0.05, 0.1) is 14.2 Å². The molecule has 0 atom stereocenters. The van der Waals surface area contributed by atoms with Crippen molar-refractivity contribution < 1.29 is 18.8 Å². The maximum atomic E-state index is 12.8. The van der Waals surface area contributed by atoms with Gasteiger partial charge in [-0.1, -0.05) is 37.2 Å². The average Bonchev–Trinajstić information content (AvgIpc) is 3.13. The molecule has 0 aliphatic carbocycles. The first kappa shape index (κ1) is 21.2. The summed E-state index contributed by atoms with van der Waals surface area (Å²) in [4.78, 5) is 25.0. The summed E-state index contributed by atoms with van der Waals surface area (Å²) in [6.07, 6.45) is 1.57. The topological polar surface area (TPSA) is 95.6 Å². The Hall–Kier alpha value is -3.55. The lowest BCUT2D eigenvalue weighted by Gasteiger charge is -2.15. The van der Waals surface area contributed by atoms with Crippen LogP contribution in [-0.4, -0.2) is 29.9 Å². The molecule has 2 aromatic carbocycles. The Kier molecular flexibility index (Phi) is 6.56. The summed E-state index contributed by atoms with van der Waals surface area (Å²) >= 11 is 0. The van der Waals surface area contributed by atoms with Crippen LogP contribution in [0.4, 0.5) is 5.69 Å². The van der Waals surface area contributed by atoms with Crippen molar-refractivity contribution in [3.63, 3.8) is 0 Å². The van der Waals surface area contributed by atoms with E-state index in [1.54, 1.807) is 18.2 Å². The van der Waals surface area contributed by atoms with E-state index in [0.29, 0.717) is 17.1 Å². The molecule has 0 spiro atoms. The molecule has 3 rings (SSSR count). The number of nitrogens with one attached hydrogen (secondary N) is 1. The van der Waals surface area contributed by atoms with E-state index in [-0.39, 0.29) is 18.3 Å². The molecule has 0 saturated carbocycles. The van der Waals surface area contributed by atoms with Crippen LogP contribution in [0.1, 0.15) is 25.0 Å². The average molecular weight is 411 g/mol. The van der Waals surface area contributed by atoms with Gasteiger partial charge in [0.15, 0.2) is 17.3 Å². The number of ether oxygens (including phenoxy) is 2. The fourth-order valence-corrected chi connectivity index (χ4v) is 3.32. The van der Waals surface area contributed by atoms with Crippen molar-refractivity contribution in [2.45, 2.75) is 33.2 Å². The number of rotatable bonds is 8. The smallest absolute Gasteiger partial charge is 0.442 e. The van der Waals surface area contributed by atoms with Gasteiger partial charge in [0.25, 0.3) is 0 Å². The van der Waals surface area contributed by atoms with Crippen LogP contribution >= 0.6 is 0 Å². The Balaban J connectivity index is 1.90. The molecule has 0 bridgehead atoms. The normalized spacial score (nSPS) is 10.7. The second-order valence-corrected chi connectivity index (χ2v) is 6.63. The lowest BCUT2D eigenvalue weighted by atomic mass is 10.0. The van der Waals surface area contributed by atoms with Gasteiger partial charge in [0, 0.05) is 11.3 Å². The maximum absolute atomic E-state index is 12.8. The van der Waals surface area contributed by atoms with Crippen molar-refractivity contribution in [2.75, 3.05) is 19.5 Å². The van der Waals surface area contributed by atoms with Gasteiger partial charge in [-0.2, -0.15) is 0 Å². The van der Waals surface area contributed by atoms with Crippen molar-refractivity contribution in [3.05, 3.63) is 58.1 Å². The number of carbonyl (C=O) groups is 1. The molecule has 3 aromatic rings. The van der Waals surface area contributed by atoms with Crippen LogP contribution in [-0.2, 0) is 24.2 Å². The van der Waals surface area contributed by atoms with E-state index in [2.05, 4.69) is 10.5 Å². The number of benzene rings is 2. The number of methoxy groups -OCH3 is 2. The number of aryl methyl sites for hydroxylation is 2. The van der Waals surface area contributed by atoms with Crippen molar-refractivity contribution in [1.82, 2.24) is 9.72 Å². The standard InChI is InChI=1S/C22H25N3O5/c1-5-14-8-7-9-15(6-2)20(14)23-19(26)13-25-21(24-30-22(25)27)16-10-11-17(28-3)18(12-16)29-4/h7-12H,5-6,13H2,1-4H3,(H,23,26). The molecule has 158 valence electrons. The highest BCUT2D eigenvalue weighted by molar-refractivity contribution is 5.92. The van der Waals surface area contributed by atoms with Gasteiger partial charge in [0.2, 0.25) is 5.91 Å². The van der Waals surface area contributed by atoms with Crippen LogP contribution < -0.4 is 20.5 Å². The Bertz CT molecular complexity index is 1080. The largest absolute Gasteiger partial charge is 0.493 e. The molecule has 0 radical (unpaired) electrons. The molecular formula is C22H25N3O5. The number of nitrogens with zero attached hydrogens (tertiary/aromatic N) is 2. The molecule has 0 fully saturated rings. The van der Waals surface area contributed by atoms with Crippen LogP contribution in [0.5, 0.6) is 11.5 Å². The zero-order valence-corrected chi connectivity index (χ0v) is 17.5. The summed E-state index contributed by atoms with van der Waals surface area (Å²) in [6.45, 7) is 3.83. The number of hydrogen-bond acceptors (Lipinski definition) is 6. The molecule has 1 heterocycles. The molecule has 0 unspecified atom stereocenters. The number of aromatic nitrogens is 2. The maximum Gasteiger partial charge on any atom is 0.442 e. The Morgan fingerprint density at radius 3 is 2.33 bits per heavy atom. The summed E-state index contributed by atoms with van der Waals surface area (Å²) in [5.74, 6) is 0.202. The minimum Gasteiger partial charge on any atom is -0.493 e. The SMILES string of the molecule is CCc1cccc(CC)c1NC(=O)Cn1c(-c2ccc(OC)c(OC)c2)noc1=O. The third kappa shape index (κ3) is 4.22. The zero-order chi connectivity index (χ0) is 21.7. The minimum atomic E-state index is -0.713. The highest BCUT2D eigenvalue weighted by Crippen LogP contribution is 2.31. The summed E-state index contributed by atoms with van der Waals surface area (Å²) in [5, 5.41) is 6.80. The molecule has 1 amide bonds. The fourth-order valence-electron chi connectivity index (χ4n) is 3.32. The summed E-state index contributed by atoms with van der Waals surface area (Å²) in [5.41, 5.74) is 3.44. The number of para-hydroxylation sites is 1. The molecule has 8 heteroatoms. The molecule has 30 heavy (non-hydrogen) atoms. The van der Waals surface area contributed by atoms with Crippen LogP contribution in [0.3, 0.4) is 0 Å². The molecule has 0 aliphatic rings. The quantitative estimate of drug-likeness (QED) is 0.611. The first-order valence-corrected chi connectivity index (χ1v) is 9.71. The zero-order valence-electron chi connectivity index (χ0n) is 17.5. The van der Waals surface area contributed by atoms with E-state index in [4.69, 9.17) is 14.0 Å². The second-order valence-electron chi connectivity index (χ2n) is 6.63. The molecule has 0 aliphatic heterocycles. The molecule has 0 saturated heterocycles. The lowest BCUT2D eigenvalue weighted by molar-refractivity contribution is -0.116. The lowest BCUT2D eigenvalue weighted by Crippen LogP contribution is -2.26. The Morgan fingerprint density at radius 2 is 1.73 bits per heavy atom. The first-order valence-electron chi connectivity index (χ1n) is 9.71. The van der Waals surface area contributed by atoms with Crippen LogP contribution in [0.2, 0.25) is 0 Å². The van der Waals surface area contributed by atoms with E-state index < -0.39 is 5.76 Å². The summed E-state index contributed by atoms with van der Waals surface area (Å²) < 4.78 is 16.6. The first-order chi connectivity index (χ1) is 14.5. The van der Waals surface area contributed by atoms with Crippen LogP contribution in [0.15, 0.2) is 45.7 Å². The van der Waals surface area contributed by atoms with Gasteiger partial charge in [-0.15, -0.1) is 0 Å². The van der Waals surface area contributed by atoms with Gasteiger partial charge in [-0.3, -0.25) is 9.32 Å². The van der Waals surface area contributed by atoms with E-state index in [9.17, 15) is 9.59 Å². The third-order valence-corrected chi connectivity index (χ3v) is 4.89. The number of carbonyl (C=O) groups excluding carboxylic acids is 1. The summed E-state index contributed by atoms with van der Waals surface area (Å²) in [6, 6.07) is 11.0. The van der Waals surface area contributed by atoms with E-state index in [1.807, 2.05) is 32.0 Å². The number of anilines is 1. The number of hydrogen-bond donors (Lipinski definition) is 1. The predicted molar refractivity (Wildman–Crippen MR) is 113 cm³/mol. The van der Waals surface area contributed by atoms with Crippen molar-refractivity contribution in [3.8, 4) is 22.9 Å². The van der Waals surface area contributed by atoms with E-state index in [0.717, 1.165) is 29.7 Å². The van der Waals surface area contributed by atoms with Crippen molar-refractivity contribution in [1.29, 1.82) is 0 Å². The fraction of sp³-hybridized carbons (Fsp3) is 0.318. The van der Waals surface area contributed by atoms with E-state index >= 15 is 0 Å². The second kappa shape index (κ2) is 9.30. The van der Waals surface area contributed by atoms with Gasteiger partial charge in [-0.25, -0.2) is 9.36 Å². The van der Waals surface area contributed by atoms with Gasteiger partial charge >= 0.3 is 5.76 Å². The van der Waals surface area contributed by atoms with Gasteiger partial charge in [-0.05, 0) is 42.2 Å². The molecular weight excluding hydrogens is 386 g/mol. The molecule has 1 N–H and O–H groups in total. The van der Waals surface area contributed by atoms with Gasteiger partial charge in [0.1, 0.15) is 6.54 Å². The minimum absolute atomic E-state index is 0.229. The number of amides is 1. The van der Waals surface area contributed by atoms with Crippen LogP contribution in [0, 0.1) is 0 Å². The third-order valence-electron chi connectivity index (χ3n) is 4.89. The Morgan fingerprint density at radius 1 is 1.07 bits per heavy atom. The van der Waals surface area contributed by atoms with Crippen LogP contribution in [0.25, 0.3) is 11.4 Å². The highest BCUT2D eigenvalue weighted by Gasteiger charge is 2.19. The van der Waals surface area contributed by atoms with Gasteiger partial charge < -0.3 is 14.8 Å². The van der Waals surface area contributed by atoms with Crippen molar-refractivity contribution in [2.24, 2.45) is 0 Å².